The highest BCUT2D eigenvalue weighted by atomic mass is 32.1. The summed E-state index contributed by atoms with van der Waals surface area (Å²) in [5, 5.41) is 0. The molecular weight excluding hydrogens is 260 g/mol. The number of hydrogen-bond donors (Lipinski definition) is 1. The summed E-state index contributed by atoms with van der Waals surface area (Å²) in [4.78, 5) is 18.8. The minimum absolute atomic E-state index is 0.145. The molecule has 0 aliphatic carbocycles. The van der Waals surface area contributed by atoms with Gasteiger partial charge < -0.3 is 10.6 Å². The van der Waals surface area contributed by atoms with Crippen molar-refractivity contribution in [3.63, 3.8) is 0 Å². The molecule has 0 saturated carbocycles. The molecule has 1 aliphatic rings. The molecule has 1 saturated heterocycles. The van der Waals surface area contributed by atoms with E-state index in [0.29, 0.717) is 11.5 Å². The van der Waals surface area contributed by atoms with E-state index < -0.39 is 0 Å². The van der Waals surface area contributed by atoms with E-state index in [0.717, 1.165) is 26.2 Å². The zero-order valence-corrected chi connectivity index (χ0v) is 13.2. The molecule has 19 heavy (non-hydrogen) atoms. The lowest BCUT2D eigenvalue weighted by Crippen LogP contribution is -2.54. The van der Waals surface area contributed by atoms with Gasteiger partial charge in [-0.1, -0.05) is 12.2 Å². The van der Waals surface area contributed by atoms with Gasteiger partial charge >= 0.3 is 0 Å². The average molecular weight is 286 g/mol. The van der Waals surface area contributed by atoms with Gasteiger partial charge in [0.05, 0.1) is 17.6 Å². The first-order valence-corrected chi connectivity index (χ1v) is 7.25. The highest BCUT2D eigenvalue weighted by molar-refractivity contribution is 7.80. The molecule has 0 spiro atoms. The number of thiocarbonyl (C=S) groups is 1. The topological polar surface area (TPSA) is 52.8 Å². The largest absolute Gasteiger partial charge is 0.392 e. The van der Waals surface area contributed by atoms with Crippen LogP contribution in [-0.2, 0) is 4.79 Å². The molecule has 0 aromatic carbocycles. The number of carbonyl (C=O) groups excluding carboxylic acids is 1. The first-order chi connectivity index (χ1) is 8.82. The molecule has 0 radical (unpaired) electrons. The molecule has 1 fully saturated rings. The third-order valence-electron chi connectivity index (χ3n) is 3.89. The van der Waals surface area contributed by atoms with Crippen LogP contribution in [0, 0.1) is 0 Å². The summed E-state index contributed by atoms with van der Waals surface area (Å²) in [7, 11) is 1.86. The molecule has 1 amide bonds. The van der Waals surface area contributed by atoms with Crippen LogP contribution in [0.5, 0.6) is 0 Å². The Morgan fingerprint density at radius 1 is 1.26 bits per heavy atom. The molecule has 1 atom stereocenters. The van der Waals surface area contributed by atoms with Gasteiger partial charge in [-0.25, -0.2) is 0 Å². The minimum atomic E-state index is 0.145. The number of nitrogens with zero attached hydrogens (tertiary/aromatic N) is 3. The predicted octanol–water partition coefficient (Wildman–Crippen LogP) is 0.145. The highest BCUT2D eigenvalue weighted by Gasteiger charge is 2.24. The fraction of sp³-hybridized carbons (Fsp3) is 0.846. The third-order valence-corrected chi connectivity index (χ3v) is 4.23. The normalized spacial score (nSPS) is 19.4. The SMILES string of the molecule is CC(C(N)=S)N1CCN(CC(=O)N(C)C(C)C)CC1. The number of nitrogens with two attached hydrogens (primary N) is 1. The van der Waals surface area contributed by atoms with E-state index in [1.807, 2.05) is 27.8 Å². The maximum absolute atomic E-state index is 12.0. The Kier molecular flexibility index (Phi) is 6.16. The van der Waals surface area contributed by atoms with Crippen LogP contribution < -0.4 is 5.73 Å². The van der Waals surface area contributed by atoms with Gasteiger partial charge in [-0.05, 0) is 20.8 Å². The summed E-state index contributed by atoms with van der Waals surface area (Å²) in [5.41, 5.74) is 5.67. The molecule has 1 unspecified atom stereocenters. The van der Waals surface area contributed by atoms with E-state index in [-0.39, 0.29) is 18.0 Å². The second-order valence-electron chi connectivity index (χ2n) is 5.49. The number of piperazine rings is 1. The maximum atomic E-state index is 12.0. The number of amides is 1. The predicted molar refractivity (Wildman–Crippen MR) is 82.2 cm³/mol. The van der Waals surface area contributed by atoms with Gasteiger partial charge in [0.2, 0.25) is 5.91 Å². The quantitative estimate of drug-likeness (QED) is 0.729. The zero-order valence-electron chi connectivity index (χ0n) is 12.4. The van der Waals surface area contributed by atoms with Gasteiger partial charge in [0, 0.05) is 39.3 Å². The molecule has 0 aromatic rings. The molecule has 0 bridgehead atoms. The van der Waals surface area contributed by atoms with Crippen molar-refractivity contribution in [1.82, 2.24) is 14.7 Å². The Bertz CT molecular complexity index is 327. The monoisotopic (exact) mass is 286 g/mol. The number of likely N-dealkylation sites (N-methyl/N-ethyl adjacent to an activating group) is 1. The Balaban J connectivity index is 2.38. The zero-order chi connectivity index (χ0) is 14.6. The van der Waals surface area contributed by atoms with Crippen molar-refractivity contribution >= 4 is 23.1 Å². The molecule has 110 valence electrons. The van der Waals surface area contributed by atoms with E-state index in [1.54, 1.807) is 4.90 Å². The van der Waals surface area contributed by atoms with Crippen molar-refractivity contribution in [2.45, 2.75) is 32.9 Å². The fourth-order valence-corrected chi connectivity index (χ4v) is 2.23. The Morgan fingerprint density at radius 3 is 2.21 bits per heavy atom. The van der Waals surface area contributed by atoms with Gasteiger partial charge in [-0.2, -0.15) is 0 Å². The van der Waals surface area contributed by atoms with E-state index in [1.165, 1.54) is 0 Å². The van der Waals surface area contributed by atoms with Crippen molar-refractivity contribution < 1.29 is 4.79 Å². The smallest absolute Gasteiger partial charge is 0.236 e. The number of hydrogen-bond acceptors (Lipinski definition) is 4. The molecule has 1 heterocycles. The average Bonchev–Trinajstić information content (AvgIpc) is 2.37. The molecule has 2 N–H and O–H groups in total. The maximum Gasteiger partial charge on any atom is 0.236 e. The van der Waals surface area contributed by atoms with Crippen molar-refractivity contribution in [2.24, 2.45) is 5.73 Å². The summed E-state index contributed by atoms with van der Waals surface area (Å²) in [6, 6.07) is 0.398. The van der Waals surface area contributed by atoms with Gasteiger partial charge in [0.1, 0.15) is 0 Å². The van der Waals surface area contributed by atoms with E-state index in [9.17, 15) is 4.79 Å². The molecule has 6 heteroatoms. The Morgan fingerprint density at radius 2 is 1.79 bits per heavy atom. The van der Waals surface area contributed by atoms with Crippen molar-refractivity contribution in [2.75, 3.05) is 39.8 Å². The minimum Gasteiger partial charge on any atom is -0.392 e. The second kappa shape index (κ2) is 7.17. The van der Waals surface area contributed by atoms with Gasteiger partial charge in [0.15, 0.2) is 0 Å². The van der Waals surface area contributed by atoms with Crippen LogP contribution in [0.2, 0.25) is 0 Å². The van der Waals surface area contributed by atoms with Crippen LogP contribution in [0.4, 0.5) is 0 Å². The molecular formula is C13H26N4OS. The summed E-state index contributed by atoms with van der Waals surface area (Å²) in [6.45, 7) is 10.2. The lowest BCUT2D eigenvalue weighted by atomic mass is 10.2. The standard InChI is InChI=1S/C13H26N4OS/c1-10(2)15(4)12(18)9-16-5-7-17(8-6-16)11(3)13(14)19/h10-11H,5-9H2,1-4H3,(H2,14,19). The van der Waals surface area contributed by atoms with Gasteiger partial charge in [-0.3, -0.25) is 14.6 Å². The molecule has 0 aromatic heterocycles. The second-order valence-corrected chi connectivity index (χ2v) is 5.96. The van der Waals surface area contributed by atoms with E-state index >= 15 is 0 Å². The van der Waals surface area contributed by atoms with Crippen LogP contribution in [-0.4, -0.2) is 77.5 Å². The van der Waals surface area contributed by atoms with Gasteiger partial charge in [0.25, 0.3) is 0 Å². The van der Waals surface area contributed by atoms with Gasteiger partial charge in [-0.15, -0.1) is 0 Å². The molecule has 1 aliphatic heterocycles. The third kappa shape index (κ3) is 4.71. The lowest BCUT2D eigenvalue weighted by molar-refractivity contribution is -0.133. The van der Waals surface area contributed by atoms with Crippen LogP contribution in [0.1, 0.15) is 20.8 Å². The Labute approximate surface area is 121 Å². The summed E-state index contributed by atoms with van der Waals surface area (Å²) in [5.74, 6) is 0.186. The number of carbonyl (C=O) groups is 1. The Hall–Kier alpha value is -0.720. The van der Waals surface area contributed by atoms with Crippen LogP contribution in [0.25, 0.3) is 0 Å². The van der Waals surface area contributed by atoms with E-state index in [4.69, 9.17) is 18.0 Å². The van der Waals surface area contributed by atoms with Crippen LogP contribution >= 0.6 is 12.2 Å². The van der Waals surface area contributed by atoms with Crippen molar-refractivity contribution in [1.29, 1.82) is 0 Å². The van der Waals surface area contributed by atoms with Crippen LogP contribution in [0.15, 0.2) is 0 Å². The summed E-state index contributed by atoms with van der Waals surface area (Å²) < 4.78 is 0. The van der Waals surface area contributed by atoms with Crippen LogP contribution in [0.3, 0.4) is 0 Å². The van der Waals surface area contributed by atoms with Crippen molar-refractivity contribution in [3.05, 3.63) is 0 Å². The van der Waals surface area contributed by atoms with E-state index in [2.05, 4.69) is 9.80 Å². The number of rotatable bonds is 5. The summed E-state index contributed by atoms with van der Waals surface area (Å²) >= 11 is 5.02. The fourth-order valence-electron chi connectivity index (χ4n) is 2.08. The molecule has 1 rings (SSSR count). The highest BCUT2D eigenvalue weighted by Crippen LogP contribution is 2.07. The van der Waals surface area contributed by atoms with Crippen molar-refractivity contribution in [3.8, 4) is 0 Å². The molecule has 5 nitrogen and oxygen atoms in total. The lowest BCUT2D eigenvalue weighted by Gasteiger charge is -2.38. The first kappa shape index (κ1) is 16.3. The first-order valence-electron chi connectivity index (χ1n) is 6.84. The summed E-state index contributed by atoms with van der Waals surface area (Å²) in [6.07, 6.45) is 0.